The fourth-order valence-electron chi connectivity index (χ4n) is 2.61. The molecule has 0 bridgehead atoms. The van der Waals surface area contributed by atoms with Gasteiger partial charge in [-0.1, -0.05) is 17.4 Å². The molecule has 1 amide bonds. The number of aryl methyl sites for hydroxylation is 1. The van der Waals surface area contributed by atoms with Crippen molar-refractivity contribution < 1.29 is 9.18 Å². The molecule has 0 aliphatic heterocycles. The minimum Gasteiger partial charge on any atom is -0.306 e. The van der Waals surface area contributed by atoms with Crippen molar-refractivity contribution in [1.82, 2.24) is 14.8 Å². The first-order valence-corrected chi connectivity index (χ1v) is 8.80. The summed E-state index contributed by atoms with van der Waals surface area (Å²) in [5.74, 6) is -0.309. The van der Waals surface area contributed by atoms with Crippen LogP contribution < -0.4 is 5.32 Å². The van der Waals surface area contributed by atoms with Crippen molar-refractivity contribution in [2.24, 2.45) is 0 Å². The largest absolute Gasteiger partial charge is 0.306 e. The molecule has 132 valence electrons. The molecule has 0 radical (unpaired) electrons. The van der Waals surface area contributed by atoms with E-state index in [2.05, 4.69) is 15.4 Å². The lowest BCUT2D eigenvalue weighted by Gasteiger charge is -2.06. The van der Waals surface area contributed by atoms with Crippen LogP contribution in [-0.4, -0.2) is 20.7 Å². The number of thiazole rings is 1. The second-order valence-corrected chi connectivity index (χ2v) is 6.82. The first-order valence-electron chi connectivity index (χ1n) is 7.99. The van der Waals surface area contributed by atoms with Crippen molar-refractivity contribution in [3.05, 3.63) is 71.2 Å². The quantitative estimate of drug-likeness (QED) is 0.584. The number of nitrogens with zero attached hydrogens (tertiary/aromatic N) is 4. The van der Waals surface area contributed by atoms with Crippen molar-refractivity contribution in [2.75, 3.05) is 5.32 Å². The van der Waals surface area contributed by atoms with Crippen molar-refractivity contribution in [1.29, 1.82) is 5.26 Å². The average molecular weight is 377 g/mol. The summed E-state index contributed by atoms with van der Waals surface area (Å²) >= 11 is 1.28. The molecule has 27 heavy (non-hydrogen) atoms. The predicted octanol–water partition coefficient (Wildman–Crippen LogP) is 4.05. The summed E-state index contributed by atoms with van der Waals surface area (Å²) in [6.07, 6.45) is 0. The minimum atomic E-state index is -0.401. The van der Waals surface area contributed by atoms with Crippen LogP contribution in [0.2, 0.25) is 0 Å². The maximum absolute atomic E-state index is 13.9. The van der Waals surface area contributed by atoms with Gasteiger partial charge in [-0.3, -0.25) is 4.79 Å². The summed E-state index contributed by atoms with van der Waals surface area (Å²) in [6, 6.07) is 14.8. The van der Waals surface area contributed by atoms with E-state index < -0.39 is 5.82 Å². The van der Waals surface area contributed by atoms with Gasteiger partial charge in [0.05, 0.1) is 22.0 Å². The van der Waals surface area contributed by atoms with Crippen LogP contribution in [0.15, 0.2) is 48.5 Å². The van der Waals surface area contributed by atoms with Gasteiger partial charge in [-0.25, -0.2) is 9.37 Å². The van der Waals surface area contributed by atoms with E-state index in [4.69, 9.17) is 5.26 Å². The van der Waals surface area contributed by atoms with Crippen molar-refractivity contribution in [2.45, 2.75) is 6.92 Å². The third-order valence-corrected chi connectivity index (χ3v) is 4.89. The topological polar surface area (TPSA) is 83.6 Å². The number of hydrogen-bond donors (Lipinski definition) is 1. The Bertz CT molecular complexity index is 1200. The van der Waals surface area contributed by atoms with Gasteiger partial charge >= 0.3 is 0 Å². The van der Waals surface area contributed by atoms with Gasteiger partial charge in [0.2, 0.25) is 5.13 Å². The van der Waals surface area contributed by atoms with Crippen LogP contribution in [0.4, 0.5) is 10.2 Å². The molecule has 0 spiro atoms. The highest BCUT2D eigenvalue weighted by Gasteiger charge is 2.16. The molecule has 4 aromatic rings. The summed E-state index contributed by atoms with van der Waals surface area (Å²) in [5.41, 5.74) is 1.85. The van der Waals surface area contributed by atoms with Gasteiger partial charge in [0.25, 0.3) is 5.91 Å². The van der Waals surface area contributed by atoms with Gasteiger partial charge in [-0.15, -0.1) is 0 Å². The van der Waals surface area contributed by atoms with Gasteiger partial charge in [0.1, 0.15) is 17.2 Å². The van der Waals surface area contributed by atoms with Gasteiger partial charge in [0, 0.05) is 11.6 Å². The van der Waals surface area contributed by atoms with Gasteiger partial charge in [-0.05, 0) is 43.3 Å². The minimum absolute atomic E-state index is 0.273. The van der Waals surface area contributed by atoms with E-state index in [9.17, 15) is 9.18 Å². The highest BCUT2D eigenvalue weighted by atomic mass is 32.1. The Hall–Kier alpha value is -3.57. The molecule has 6 nitrogen and oxygen atoms in total. The molecule has 4 rings (SSSR count). The van der Waals surface area contributed by atoms with Gasteiger partial charge in [0.15, 0.2) is 0 Å². The van der Waals surface area contributed by atoms with E-state index in [1.165, 1.54) is 22.1 Å². The fourth-order valence-corrected chi connectivity index (χ4v) is 3.56. The maximum Gasteiger partial charge on any atom is 0.256 e. The molecule has 0 saturated heterocycles. The van der Waals surface area contributed by atoms with Crippen LogP contribution in [0.5, 0.6) is 0 Å². The summed E-state index contributed by atoms with van der Waals surface area (Å²) in [6.45, 7) is 1.79. The molecule has 0 fully saturated rings. The molecule has 0 saturated carbocycles. The highest BCUT2D eigenvalue weighted by Crippen LogP contribution is 2.28. The Kier molecular flexibility index (Phi) is 4.14. The predicted molar refractivity (Wildman–Crippen MR) is 101 cm³/mol. The van der Waals surface area contributed by atoms with Crippen LogP contribution in [0, 0.1) is 24.1 Å². The van der Waals surface area contributed by atoms with Crippen molar-refractivity contribution in [3.8, 4) is 11.2 Å². The number of anilines is 1. The second kappa shape index (κ2) is 6.63. The molecular weight excluding hydrogens is 365 g/mol. The van der Waals surface area contributed by atoms with E-state index in [0.29, 0.717) is 32.5 Å². The third-order valence-electron chi connectivity index (χ3n) is 3.89. The number of carbonyl (C=O) groups excluding carboxylic acids is 1. The lowest BCUT2D eigenvalue weighted by atomic mass is 10.1. The third kappa shape index (κ3) is 3.16. The fraction of sp³-hybridized carbons (Fsp3) is 0.0526. The number of amides is 1. The SMILES string of the molecule is Cc1cc(NC(=O)c2ccc(C#N)cc2)n(-c2nc3c(F)cccc3s2)n1. The zero-order valence-electron chi connectivity index (χ0n) is 14.1. The zero-order chi connectivity index (χ0) is 19.0. The van der Waals surface area contributed by atoms with Crippen molar-refractivity contribution >= 4 is 33.3 Å². The van der Waals surface area contributed by atoms with Crippen LogP contribution in [0.3, 0.4) is 0 Å². The van der Waals surface area contributed by atoms with E-state index >= 15 is 0 Å². The molecule has 0 unspecified atom stereocenters. The van der Waals surface area contributed by atoms with Gasteiger partial charge < -0.3 is 5.32 Å². The van der Waals surface area contributed by atoms with Crippen LogP contribution in [-0.2, 0) is 0 Å². The highest BCUT2D eigenvalue weighted by molar-refractivity contribution is 7.20. The molecule has 0 atom stereocenters. The standard InChI is InChI=1S/C19H12FN5OS/c1-11-9-16(22-18(26)13-7-5-12(10-21)6-8-13)25(24-11)19-23-17-14(20)3-2-4-15(17)27-19/h2-9H,1H3,(H,22,26). The van der Waals surface area contributed by atoms with Crippen LogP contribution in [0.1, 0.15) is 21.6 Å². The molecular formula is C19H12FN5OS. The smallest absolute Gasteiger partial charge is 0.256 e. The normalized spacial score (nSPS) is 10.7. The Labute approximate surface area is 157 Å². The number of aromatic nitrogens is 3. The number of benzene rings is 2. The van der Waals surface area contributed by atoms with Crippen LogP contribution in [0.25, 0.3) is 15.3 Å². The Balaban J connectivity index is 1.69. The molecule has 2 heterocycles. The Morgan fingerprint density at radius 2 is 2.04 bits per heavy atom. The lowest BCUT2D eigenvalue weighted by molar-refractivity contribution is 0.102. The van der Waals surface area contributed by atoms with E-state index in [-0.39, 0.29) is 11.4 Å². The summed E-state index contributed by atoms with van der Waals surface area (Å²) in [4.78, 5) is 16.8. The summed E-state index contributed by atoms with van der Waals surface area (Å²) in [5, 5.41) is 16.5. The molecule has 2 aromatic carbocycles. The monoisotopic (exact) mass is 377 g/mol. The number of carbonyl (C=O) groups is 1. The molecule has 1 N–H and O–H groups in total. The number of rotatable bonds is 3. The van der Waals surface area contributed by atoms with E-state index in [1.807, 2.05) is 6.07 Å². The first-order chi connectivity index (χ1) is 13.0. The number of halogens is 1. The Morgan fingerprint density at radius 3 is 2.74 bits per heavy atom. The number of nitrogens with one attached hydrogen (secondary N) is 1. The van der Waals surface area contributed by atoms with E-state index in [1.54, 1.807) is 49.4 Å². The number of hydrogen-bond acceptors (Lipinski definition) is 5. The lowest BCUT2D eigenvalue weighted by Crippen LogP contribution is -2.15. The zero-order valence-corrected chi connectivity index (χ0v) is 14.9. The molecule has 8 heteroatoms. The summed E-state index contributed by atoms with van der Waals surface area (Å²) < 4.78 is 16.1. The molecule has 0 aliphatic rings. The number of para-hydroxylation sites is 1. The van der Waals surface area contributed by atoms with Gasteiger partial charge in [-0.2, -0.15) is 15.0 Å². The maximum atomic E-state index is 13.9. The number of fused-ring (bicyclic) bond motifs is 1. The number of nitriles is 1. The average Bonchev–Trinajstić information content (AvgIpc) is 3.26. The second-order valence-electron chi connectivity index (χ2n) is 5.81. The van der Waals surface area contributed by atoms with E-state index in [0.717, 1.165) is 0 Å². The molecule has 0 aliphatic carbocycles. The molecule has 2 aromatic heterocycles. The Morgan fingerprint density at radius 1 is 1.26 bits per heavy atom. The van der Waals surface area contributed by atoms with Crippen molar-refractivity contribution in [3.63, 3.8) is 0 Å². The first kappa shape index (κ1) is 16.9. The summed E-state index contributed by atoms with van der Waals surface area (Å²) in [7, 11) is 0. The van der Waals surface area contributed by atoms with Crippen LogP contribution >= 0.6 is 11.3 Å².